The van der Waals surface area contributed by atoms with Crippen LogP contribution in [0.1, 0.15) is 56.6 Å². The highest BCUT2D eigenvalue weighted by Gasteiger charge is 2.62. The summed E-state index contributed by atoms with van der Waals surface area (Å²) in [5.41, 5.74) is 0.873. The van der Waals surface area contributed by atoms with Crippen LogP contribution in [0.5, 0.6) is 0 Å². The number of β-lactam (4-membered cyclic amide) rings is 1. The lowest BCUT2D eigenvalue weighted by atomic mass is 9.59. The summed E-state index contributed by atoms with van der Waals surface area (Å²) in [5.74, 6) is 0.263. The van der Waals surface area contributed by atoms with Gasteiger partial charge in [0.1, 0.15) is 0 Å². The van der Waals surface area contributed by atoms with Crippen LogP contribution in [0.15, 0.2) is 42.1 Å². The molecule has 3 fully saturated rings. The van der Waals surface area contributed by atoms with Crippen LogP contribution in [0.3, 0.4) is 0 Å². The van der Waals surface area contributed by atoms with Crippen LogP contribution >= 0.6 is 0 Å². The predicted molar refractivity (Wildman–Crippen MR) is 110 cm³/mol. The maximum absolute atomic E-state index is 13.5. The van der Waals surface area contributed by atoms with Crippen LogP contribution in [0.2, 0.25) is 0 Å². The second kappa shape index (κ2) is 7.46. The standard InChI is InChI=1S/C21H27N5O3S/c27-20-21(8-2-1-3-9-21)19(16-4-10-22-11-5-16)26(20)17-6-12-25(13-7-17)30(28,29)18-14-23-15-24-18/h4-5,10-11,14-15,17,19H,1-3,6-9,12-13H2,(H,23,24). The number of pyridine rings is 1. The van der Waals surface area contributed by atoms with Crippen molar-refractivity contribution in [2.24, 2.45) is 5.41 Å². The predicted octanol–water partition coefficient (Wildman–Crippen LogP) is 2.49. The van der Waals surface area contributed by atoms with Crippen molar-refractivity contribution in [1.29, 1.82) is 0 Å². The smallest absolute Gasteiger partial charge is 0.260 e. The maximum Gasteiger partial charge on any atom is 0.260 e. The lowest BCUT2D eigenvalue weighted by Gasteiger charge is -2.61. The zero-order chi connectivity index (χ0) is 20.8. The molecule has 8 nitrogen and oxygen atoms in total. The summed E-state index contributed by atoms with van der Waals surface area (Å²) in [5, 5.41) is 0.122. The second-order valence-corrected chi connectivity index (χ2v) is 10.6. The Morgan fingerprint density at radius 1 is 1.03 bits per heavy atom. The van der Waals surface area contributed by atoms with Crippen LogP contribution in [0.4, 0.5) is 0 Å². The summed E-state index contributed by atoms with van der Waals surface area (Å²) in [6.45, 7) is 0.817. The molecule has 2 aromatic heterocycles. The molecule has 9 heteroatoms. The number of aromatic nitrogens is 3. The van der Waals surface area contributed by atoms with Crippen molar-refractivity contribution in [3.8, 4) is 0 Å². The van der Waals surface area contributed by atoms with E-state index in [-0.39, 0.29) is 28.4 Å². The fraction of sp³-hybridized carbons (Fsp3) is 0.571. The van der Waals surface area contributed by atoms with E-state index in [1.54, 1.807) is 12.4 Å². The molecule has 5 rings (SSSR count). The van der Waals surface area contributed by atoms with Crippen LogP contribution in [0.25, 0.3) is 0 Å². The van der Waals surface area contributed by atoms with E-state index in [9.17, 15) is 13.2 Å². The lowest BCUT2D eigenvalue weighted by molar-refractivity contribution is -0.186. The minimum Gasteiger partial charge on any atom is -0.335 e. The van der Waals surface area contributed by atoms with Gasteiger partial charge in [0.2, 0.25) is 5.91 Å². The summed E-state index contributed by atoms with van der Waals surface area (Å²) in [4.78, 5) is 26.2. The van der Waals surface area contributed by atoms with Crippen molar-refractivity contribution in [3.63, 3.8) is 0 Å². The van der Waals surface area contributed by atoms with Crippen LogP contribution < -0.4 is 0 Å². The summed E-state index contributed by atoms with van der Waals surface area (Å²) in [6, 6.07) is 4.20. The Hall–Kier alpha value is -2.26. The molecule has 1 aliphatic carbocycles. The highest BCUT2D eigenvalue weighted by molar-refractivity contribution is 7.89. The topological polar surface area (TPSA) is 99.3 Å². The molecule has 2 saturated heterocycles. The van der Waals surface area contributed by atoms with Crippen molar-refractivity contribution in [3.05, 3.63) is 42.6 Å². The van der Waals surface area contributed by atoms with E-state index < -0.39 is 10.0 Å². The molecule has 0 bridgehead atoms. The van der Waals surface area contributed by atoms with Gasteiger partial charge in [-0.2, -0.15) is 4.31 Å². The van der Waals surface area contributed by atoms with Crippen molar-refractivity contribution in [2.75, 3.05) is 13.1 Å². The summed E-state index contributed by atoms with van der Waals surface area (Å²) < 4.78 is 27.0. The number of imidazole rings is 1. The Balaban J connectivity index is 1.36. The molecule has 1 saturated carbocycles. The largest absolute Gasteiger partial charge is 0.335 e. The number of nitrogens with zero attached hydrogens (tertiary/aromatic N) is 4. The normalized spacial score (nSPS) is 25.4. The van der Waals surface area contributed by atoms with Gasteiger partial charge in [-0.1, -0.05) is 19.3 Å². The van der Waals surface area contributed by atoms with E-state index in [1.807, 2.05) is 12.1 Å². The Morgan fingerprint density at radius 2 is 1.73 bits per heavy atom. The summed E-state index contributed by atoms with van der Waals surface area (Å²) >= 11 is 0. The number of likely N-dealkylation sites (tertiary alicyclic amines) is 1. The van der Waals surface area contributed by atoms with Gasteiger partial charge in [-0.3, -0.25) is 9.78 Å². The highest BCUT2D eigenvalue weighted by atomic mass is 32.2. The Bertz CT molecular complexity index is 995. The third-order valence-corrected chi connectivity index (χ3v) is 8.96. The number of nitrogens with one attached hydrogen (secondary N) is 1. The van der Waals surface area contributed by atoms with E-state index in [4.69, 9.17) is 0 Å². The van der Waals surface area contributed by atoms with Crippen LogP contribution in [-0.4, -0.2) is 57.6 Å². The zero-order valence-electron chi connectivity index (χ0n) is 16.9. The van der Waals surface area contributed by atoms with Gasteiger partial charge in [0, 0.05) is 31.5 Å². The fourth-order valence-corrected chi connectivity index (χ4v) is 7.01. The third kappa shape index (κ3) is 2.98. The van der Waals surface area contributed by atoms with Gasteiger partial charge in [0.25, 0.3) is 10.0 Å². The lowest BCUT2D eigenvalue weighted by Crippen LogP contribution is -2.67. The number of amides is 1. The fourth-order valence-electron chi connectivity index (χ4n) is 5.65. The molecule has 1 unspecified atom stereocenters. The van der Waals surface area contributed by atoms with Gasteiger partial charge in [-0.05, 0) is 43.4 Å². The number of carbonyl (C=O) groups is 1. The number of hydrogen-bond donors (Lipinski definition) is 1. The number of sulfonamides is 1. The molecule has 1 atom stereocenters. The van der Waals surface area contributed by atoms with Crippen LogP contribution in [0, 0.1) is 5.41 Å². The molecule has 0 radical (unpaired) electrons. The summed E-state index contributed by atoms with van der Waals surface area (Å²) in [6.07, 6.45) is 12.9. The minimum absolute atomic E-state index is 0.0661. The van der Waals surface area contributed by atoms with E-state index in [0.717, 1.165) is 31.2 Å². The summed E-state index contributed by atoms with van der Waals surface area (Å²) in [7, 11) is -3.56. The molecule has 0 aromatic carbocycles. The van der Waals surface area contributed by atoms with Gasteiger partial charge in [0.05, 0.1) is 24.0 Å². The minimum atomic E-state index is -3.56. The van der Waals surface area contributed by atoms with Gasteiger partial charge < -0.3 is 9.88 Å². The molecule has 3 aliphatic rings. The number of carbonyl (C=O) groups excluding carboxylic acids is 1. The number of H-pyrrole nitrogens is 1. The second-order valence-electron chi connectivity index (χ2n) is 8.66. The Labute approximate surface area is 176 Å². The SMILES string of the molecule is O=C1N(C2CCN(S(=O)(=O)c3cnc[nH]3)CC2)C(c2ccncc2)C12CCCCC2. The Morgan fingerprint density at radius 3 is 2.37 bits per heavy atom. The molecule has 1 N–H and O–H groups in total. The zero-order valence-corrected chi connectivity index (χ0v) is 17.7. The number of hydrogen-bond acceptors (Lipinski definition) is 5. The monoisotopic (exact) mass is 429 g/mol. The number of piperidine rings is 1. The quantitative estimate of drug-likeness (QED) is 0.753. The van der Waals surface area contributed by atoms with E-state index in [1.165, 1.54) is 23.3 Å². The molecular weight excluding hydrogens is 402 g/mol. The first kappa shape index (κ1) is 19.7. The average molecular weight is 430 g/mol. The third-order valence-electron chi connectivity index (χ3n) is 7.14. The van der Waals surface area contributed by atoms with Crippen molar-refractivity contribution in [1.82, 2.24) is 24.2 Å². The van der Waals surface area contributed by atoms with Crippen LogP contribution in [-0.2, 0) is 14.8 Å². The van der Waals surface area contributed by atoms with Gasteiger partial charge >= 0.3 is 0 Å². The van der Waals surface area contributed by atoms with Crippen molar-refractivity contribution in [2.45, 2.75) is 62.1 Å². The van der Waals surface area contributed by atoms with E-state index >= 15 is 0 Å². The highest BCUT2D eigenvalue weighted by Crippen LogP contribution is 2.59. The molecule has 1 spiro atoms. The molecule has 2 aliphatic heterocycles. The van der Waals surface area contributed by atoms with E-state index in [2.05, 4.69) is 19.9 Å². The maximum atomic E-state index is 13.5. The van der Waals surface area contributed by atoms with Crippen molar-refractivity contribution >= 4 is 15.9 Å². The first-order valence-electron chi connectivity index (χ1n) is 10.8. The molecule has 30 heavy (non-hydrogen) atoms. The van der Waals surface area contributed by atoms with Gasteiger partial charge in [0.15, 0.2) is 5.03 Å². The Kier molecular flexibility index (Phi) is 4.89. The van der Waals surface area contributed by atoms with Crippen molar-refractivity contribution < 1.29 is 13.2 Å². The first-order chi connectivity index (χ1) is 14.5. The van der Waals surface area contributed by atoms with Gasteiger partial charge in [-0.15, -0.1) is 0 Å². The molecule has 4 heterocycles. The number of aromatic amines is 1. The average Bonchev–Trinajstić information content (AvgIpc) is 3.34. The molecule has 160 valence electrons. The first-order valence-corrected chi connectivity index (χ1v) is 12.2. The van der Waals surface area contributed by atoms with Gasteiger partial charge in [-0.25, -0.2) is 13.4 Å². The molecule has 2 aromatic rings. The number of rotatable bonds is 4. The van der Waals surface area contributed by atoms with E-state index in [0.29, 0.717) is 25.9 Å². The molecular formula is C21H27N5O3S. The molecule has 1 amide bonds.